The van der Waals surface area contributed by atoms with Crippen LogP contribution >= 0.6 is 11.6 Å². The van der Waals surface area contributed by atoms with Gasteiger partial charge in [-0.05, 0) is 44.1 Å². The Bertz CT molecular complexity index is 1200. The first-order chi connectivity index (χ1) is 15.8. The highest BCUT2D eigenvalue weighted by Crippen LogP contribution is 2.57. The minimum Gasteiger partial charge on any atom is -0.508 e. The number of halogens is 1. The number of Topliss-reactive ketones (excluding diaryl/α,β-unsaturated/α-hetero) is 3. The van der Waals surface area contributed by atoms with Crippen LogP contribution in [0, 0.1) is 11.8 Å². The lowest BCUT2D eigenvalue weighted by Gasteiger charge is -2.54. The van der Waals surface area contributed by atoms with Crippen LogP contribution in [0.3, 0.4) is 0 Å². The third-order valence-corrected chi connectivity index (χ3v) is 7.91. The van der Waals surface area contributed by atoms with Crippen molar-refractivity contribution < 1.29 is 39.9 Å². The Morgan fingerprint density at radius 2 is 1.82 bits per heavy atom. The van der Waals surface area contributed by atoms with Crippen LogP contribution in [-0.2, 0) is 14.4 Å². The zero-order valence-electron chi connectivity index (χ0n) is 19.0. The number of likely N-dealkylation sites (N-methyl/N-ethyl adjacent to an activating group) is 1. The Labute approximate surface area is 200 Å². The van der Waals surface area contributed by atoms with Crippen molar-refractivity contribution in [2.24, 2.45) is 11.8 Å². The fourth-order valence-electron chi connectivity index (χ4n) is 5.86. The number of rotatable bonds is 3. The van der Waals surface area contributed by atoms with E-state index in [4.69, 9.17) is 11.6 Å². The molecule has 0 amide bonds. The molecule has 0 heterocycles. The van der Waals surface area contributed by atoms with Gasteiger partial charge in [-0.15, -0.1) is 0 Å². The molecule has 3 aliphatic carbocycles. The van der Waals surface area contributed by atoms with E-state index in [1.54, 1.807) is 13.8 Å². The van der Waals surface area contributed by atoms with Gasteiger partial charge in [-0.2, -0.15) is 0 Å². The standard InChI is InChI=1S/C24H26ClNO8/c1-5-26(4)18-17-20(30)13-8(2)12-10(25)6-7-11(28)15(12)19(29)16(13)23(33)24(17,34)22(32)14(9(3)27)21(18)31/h6-8,13,17-18,20,28-30,32,34H,5H2,1-4H3/t8?,13?,17?,18-,20?,24+/m0/s1. The molecule has 5 N–H and O–H groups in total. The summed E-state index contributed by atoms with van der Waals surface area (Å²) in [7, 11) is 1.54. The third-order valence-electron chi connectivity index (χ3n) is 7.58. The highest BCUT2D eigenvalue weighted by atomic mass is 35.5. The number of aromatic hydroxyl groups is 1. The summed E-state index contributed by atoms with van der Waals surface area (Å²) in [5, 5.41) is 55.9. The van der Waals surface area contributed by atoms with Gasteiger partial charge in [0.25, 0.3) is 0 Å². The lowest BCUT2D eigenvalue weighted by atomic mass is 9.54. The maximum atomic E-state index is 13.8. The molecule has 9 nitrogen and oxygen atoms in total. The van der Waals surface area contributed by atoms with Crippen LogP contribution in [0.2, 0.25) is 5.02 Å². The number of carbonyl (C=O) groups excluding carboxylic acids is 3. The number of hydrogen-bond donors (Lipinski definition) is 5. The number of aliphatic hydroxyl groups excluding tert-OH is 3. The number of ketones is 3. The molecule has 1 fully saturated rings. The summed E-state index contributed by atoms with van der Waals surface area (Å²) in [6, 6.07) is 1.35. The summed E-state index contributed by atoms with van der Waals surface area (Å²) in [4.78, 5) is 40.9. The SMILES string of the molecule is CCN(C)[C@@H]1C(=O)C(C(C)=O)=C(O)[C@@]2(O)C(=O)C3=C(O)c4c(O)ccc(Cl)c4C(C)C3C(O)C12. The fraction of sp³-hybridized carbons (Fsp3) is 0.458. The first-order valence-electron chi connectivity index (χ1n) is 10.9. The van der Waals surface area contributed by atoms with Crippen molar-refractivity contribution >= 4 is 34.7 Å². The van der Waals surface area contributed by atoms with Gasteiger partial charge in [-0.3, -0.25) is 19.3 Å². The molecule has 1 aromatic rings. The van der Waals surface area contributed by atoms with Crippen LogP contribution in [0.5, 0.6) is 5.75 Å². The summed E-state index contributed by atoms with van der Waals surface area (Å²) < 4.78 is 0. The normalized spacial score (nSPS) is 33.1. The zero-order valence-corrected chi connectivity index (χ0v) is 19.8. The lowest BCUT2D eigenvalue weighted by molar-refractivity contribution is -0.170. The summed E-state index contributed by atoms with van der Waals surface area (Å²) in [6.07, 6.45) is -1.61. The number of aliphatic hydroxyl groups is 4. The van der Waals surface area contributed by atoms with Gasteiger partial charge >= 0.3 is 0 Å². The molecule has 0 radical (unpaired) electrons. The van der Waals surface area contributed by atoms with E-state index < -0.39 is 75.5 Å². The number of carbonyl (C=O) groups is 3. The maximum absolute atomic E-state index is 13.8. The molecule has 0 spiro atoms. The number of fused-ring (bicyclic) bond motifs is 3. The van der Waals surface area contributed by atoms with E-state index in [0.29, 0.717) is 5.56 Å². The number of hydrogen-bond acceptors (Lipinski definition) is 9. The Hall–Kier alpha value is -2.72. The van der Waals surface area contributed by atoms with Gasteiger partial charge in [0, 0.05) is 16.5 Å². The van der Waals surface area contributed by atoms with Crippen LogP contribution in [0.4, 0.5) is 0 Å². The number of benzene rings is 1. The minimum absolute atomic E-state index is 0.113. The highest BCUT2D eigenvalue weighted by Gasteiger charge is 2.68. The van der Waals surface area contributed by atoms with E-state index in [0.717, 1.165) is 6.92 Å². The Morgan fingerprint density at radius 1 is 1.21 bits per heavy atom. The summed E-state index contributed by atoms with van der Waals surface area (Å²) in [5.41, 5.74) is -3.80. The average Bonchev–Trinajstić information content (AvgIpc) is 2.77. The molecular formula is C24H26ClNO8. The lowest BCUT2D eigenvalue weighted by Crippen LogP contribution is -2.70. The van der Waals surface area contributed by atoms with E-state index in [1.807, 2.05) is 0 Å². The molecule has 6 atom stereocenters. The summed E-state index contributed by atoms with van der Waals surface area (Å²) in [5.74, 6) is -8.38. The van der Waals surface area contributed by atoms with Gasteiger partial charge in [0.15, 0.2) is 17.2 Å². The Balaban J connectivity index is 2.08. The monoisotopic (exact) mass is 491 g/mol. The van der Waals surface area contributed by atoms with Crippen molar-refractivity contribution in [1.29, 1.82) is 0 Å². The van der Waals surface area contributed by atoms with Crippen molar-refractivity contribution in [2.45, 2.75) is 44.4 Å². The number of phenolic OH excluding ortho intramolecular Hbond substituents is 1. The van der Waals surface area contributed by atoms with Crippen molar-refractivity contribution in [2.75, 3.05) is 13.6 Å². The molecule has 0 aliphatic heterocycles. The van der Waals surface area contributed by atoms with Gasteiger partial charge < -0.3 is 25.5 Å². The molecule has 3 aliphatic rings. The second kappa shape index (κ2) is 7.91. The number of nitrogens with zero attached hydrogens (tertiary/aromatic N) is 1. The molecule has 10 heteroatoms. The molecule has 0 bridgehead atoms. The summed E-state index contributed by atoms with van der Waals surface area (Å²) >= 11 is 6.35. The molecule has 4 unspecified atom stereocenters. The second-order valence-corrected chi connectivity index (χ2v) is 9.61. The Kier molecular flexibility index (Phi) is 5.68. The predicted molar refractivity (Wildman–Crippen MR) is 121 cm³/mol. The van der Waals surface area contributed by atoms with E-state index >= 15 is 0 Å². The molecule has 4 rings (SSSR count). The van der Waals surface area contributed by atoms with Gasteiger partial charge in [0.1, 0.15) is 22.8 Å². The van der Waals surface area contributed by atoms with E-state index in [2.05, 4.69) is 0 Å². The van der Waals surface area contributed by atoms with E-state index in [9.17, 15) is 39.9 Å². The topological polar surface area (TPSA) is 156 Å². The first kappa shape index (κ1) is 24.4. The van der Waals surface area contributed by atoms with E-state index in [-0.39, 0.29) is 22.9 Å². The number of phenols is 1. The Morgan fingerprint density at radius 3 is 2.38 bits per heavy atom. The van der Waals surface area contributed by atoms with Gasteiger partial charge in [-0.25, -0.2) is 0 Å². The van der Waals surface area contributed by atoms with Crippen molar-refractivity contribution in [1.82, 2.24) is 4.90 Å². The van der Waals surface area contributed by atoms with Crippen LogP contribution in [0.1, 0.15) is 37.8 Å². The third kappa shape index (κ3) is 2.87. The fourth-order valence-corrected chi connectivity index (χ4v) is 6.19. The quantitative estimate of drug-likeness (QED) is 0.396. The molecule has 1 aromatic carbocycles. The minimum atomic E-state index is -2.85. The predicted octanol–water partition coefficient (Wildman–Crippen LogP) is 1.64. The zero-order chi connectivity index (χ0) is 25.4. The molecular weight excluding hydrogens is 466 g/mol. The van der Waals surface area contributed by atoms with Gasteiger partial charge in [0.2, 0.25) is 5.78 Å². The largest absolute Gasteiger partial charge is 0.508 e. The van der Waals surface area contributed by atoms with Crippen molar-refractivity contribution in [3.63, 3.8) is 0 Å². The smallest absolute Gasteiger partial charge is 0.202 e. The van der Waals surface area contributed by atoms with Crippen LogP contribution in [0.25, 0.3) is 5.76 Å². The highest BCUT2D eigenvalue weighted by molar-refractivity contribution is 6.32. The average molecular weight is 492 g/mol. The van der Waals surface area contributed by atoms with Gasteiger partial charge in [-0.1, -0.05) is 25.4 Å². The molecule has 34 heavy (non-hydrogen) atoms. The maximum Gasteiger partial charge on any atom is 0.202 e. The molecule has 0 aromatic heterocycles. The van der Waals surface area contributed by atoms with Crippen LogP contribution in [0.15, 0.2) is 29.0 Å². The van der Waals surface area contributed by atoms with Crippen LogP contribution in [-0.4, -0.2) is 79.1 Å². The molecule has 0 saturated heterocycles. The van der Waals surface area contributed by atoms with Crippen molar-refractivity contribution in [3.8, 4) is 5.75 Å². The second-order valence-electron chi connectivity index (χ2n) is 9.21. The molecule has 1 saturated carbocycles. The van der Waals surface area contributed by atoms with Crippen LogP contribution < -0.4 is 0 Å². The summed E-state index contributed by atoms with van der Waals surface area (Å²) in [6.45, 7) is 4.65. The molecule has 182 valence electrons. The van der Waals surface area contributed by atoms with Gasteiger partial charge in [0.05, 0.1) is 23.6 Å². The first-order valence-corrected chi connectivity index (χ1v) is 11.3. The van der Waals surface area contributed by atoms with Crippen molar-refractivity contribution in [3.05, 3.63) is 45.2 Å². The van der Waals surface area contributed by atoms with E-state index in [1.165, 1.54) is 24.1 Å².